The van der Waals surface area contributed by atoms with E-state index in [-0.39, 0.29) is 23.9 Å². The van der Waals surface area contributed by atoms with Crippen molar-refractivity contribution in [2.45, 2.75) is 63.1 Å². The van der Waals surface area contributed by atoms with Gasteiger partial charge in [-0.1, -0.05) is 41.9 Å². The van der Waals surface area contributed by atoms with Crippen LogP contribution >= 0.6 is 11.6 Å². The molecule has 10 nitrogen and oxygen atoms in total. The summed E-state index contributed by atoms with van der Waals surface area (Å²) in [7, 11) is 0. The van der Waals surface area contributed by atoms with Crippen LogP contribution in [0, 0.1) is 23.2 Å². The highest BCUT2D eigenvalue weighted by Gasteiger charge is 2.46. The van der Waals surface area contributed by atoms with E-state index in [4.69, 9.17) is 26.3 Å². The quantitative estimate of drug-likeness (QED) is 0.275. The zero-order valence-corrected chi connectivity index (χ0v) is 30.1. The molecule has 1 saturated carbocycles. The van der Waals surface area contributed by atoms with Crippen LogP contribution in [-0.4, -0.2) is 108 Å². The van der Waals surface area contributed by atoms with Crippen molar-refractivity contribution in [3.63, 3.8) is 0 Å². The number of nitriles is 1. The van der Waals surface area contributed by atoms with Crippen LogP contribution in [0.15, 0.2) is 48.6 Å². The van der Waals surface area contributed by atoms with Gasteiger partial charge in [0.25, 0.3) is 0 Å². The first-order valence-corrected chi connectivity index (χ1v) is 19.4. The van der Waals surface area contributed by atoms with Crippen molar-refractivity contribution in [2.75, 3.05) is 75.3 Å². The van der Waals surface area contributed by atoms with Gasteiger partial charge in [0.05, 0.1) is 41.3 Å². The van der Waals surface area contributed by atoms with E-state index in [1.54, 1.807) is 6.08 Å². The minimum absolute atomic E-state index is 0.00526. The zero-order chi connectivity index (χ0) is 34.5. The summed E-state index contributed by atoms with van der Waals surface area (Å²) in [5.41, 5.74) is 3.28. The van der Waals surface area contributed by atoms with E-state index in [1.807, 2.05) is 23.1 Å². The van der Waals surface area contributed by atoms with E-state index in [0.717, 1.165) is 109 Å². The molecule has 2 unspecified atom stereocenters. The number of piperazine rings is 1. The molecule has 3 aromatic rings. The maximum atomic E-state index is 13.5. The molecule has 5 aliphatic heterocycles. The smallest absolute Gasteiger partial charge is 0.318 e. The lowest BCUT2D eigenvalue weighted by atomic mass is 9.95. The molecule has 6 aliphatic rings. The van der Waals surface area contributed by atoms with Crippen LogP contribution in [0.3, 0.4) is 0 Å². The molecule has 0 spiro atoms. The van der Waals surface area contributed by atoms with Crippen molar-refractivity contribution in [1.82, 2.24) is 24.7 Å². The van der Waals surface area contributed by atoms with E-state index >= 15 is 0 Å². The standard InChI is InChI=1S/C40H47ClN8O2/c41-33-8-1-6-28-7-2-9-35(37(28)33)46-19-12-32-34(26-46)43-39(51-27-40-13-4-17-48(40)18-5-14-40)44-38(32)47-20-21-49(31(25-47)11-15-42)36(50)10-3-16-45-23-29-22-30(29)24-45/h1-3,6-10,29-31H,4-5,11-14,16-27H2/b10-3+/t29?,30?,31-/m0/s1. The van der Waals surface area contributed by atoms with Gasteiger partial charge in [-0.2, -0.15) is 15.2 Å². The molecule has 5 fully saturated rings. The van der Waals surface area contributed by atoms with Crippen molar-refractivity contribution >= 4 is 39.8 Å². The van der Waals surface area contributed by atoms with E-state index in [2.05, 4.69) is 49.9 Å². The van der Waals surface area contributed by atoms with Crippen LogP contribution in [0.5, 0.6) is 6.01 Å². The second-order valence-electron chi connectivity index (χ2n) is 15.6. The fourth-order valence-corrected chi connectivity index (χ4v) is 10.1. The number of likely N-dealkylation sites (tertiary alicyclic amines) is 1. The summed E-state index contributed by atoms with van der Waals surface area (Å²) < 4.78 is 6.59. The molecular weight excluding hydrogens is 660 g/mol. The summed E-state index contributed by atoms with van der Waals surface area (Å²) >= 11 is 6.78. The number of amides is 1. The molecule has 0 radical (unpaired) electrons. The summed E-state index contributed by atoms with van der Waals surface area (Å²) in [5.74, 6) is 2.63. The van der Waals surface area contributed by atoms with Gasteiger partial charge in [-0.3, -0.25) is 14.6 Å². The molecule has 1 aromatic heterocycles. The highest BCUT2D eigenvalue weighted by molar-refractivity contribution is 6.36. The Hall–Kier alpha value is -3.91. The summed E-state index contributed by atoms with van der Waals surface area (Å²) in [6.07, 6.45) is 10.9. The monoisotopic (exact) mass is 706 g/mol. The van der Waals surface area contributed by atoms with Gasteiger partial charge in [0.1, 0.15) is 12.4 Å². The number of carbonyl (C=O) groups is 1. The van der Waals surface area contributed by atoms with Crippen molar-refractivity contribution in [3.05, 3.63) is 64.8 Å². The lowest BCUT2D eigenvalue weighted by Crippen LogP contribution is -2.55. The second-order valence-corrected chi connectivity index (χ2v) is 16.0. The molecule has 2 aromatic carbocycles. The van der Waals surface area contributed by atoms with Crippen molar-refractivity contribution in [3.8, 4) is 12.1 Å². The van der Waals surface area contributed by atoms with Crippen LogP contribution in [0.25, 0.3) is 10.8 Å². The second kappa shape index (κ2) is 13.6. The number of fused-ring (bicyclic) bond motifs is 4. The fourth-order valence-electron chi connectivity index (χ4n) is 9.78. The molecule has 11 heteroatoms. The Labute approximate surface area is 305 Å². The molecule has 0 N–H and O–H groups in total. The Morgan fingerprint density at radius 1 is 1.00 bits per heavy atom. The first kappa shape index (κ1) is 33.0. The fraction of sp³-hybridized carbons (Fsp3) is 0.550. The number of nitrogens with zero attached hydrogens (tertiary/aromatic N) is 8. The largest absolute Gasteiger partial charge is 0.461 e. The summed E-state index contributed by atoms with van der Waals surface area (Å²) in [6, 6.07) is 15.0. The highest BCUT2D eigenvalue weighted by Crippen LogP contribution is 2.45. The zero-order valence-electron chi connectivity index (χ0n) is 29.4. The maximum absolute atomic E-state index is 13.5. The Morgan fingerprint density at radius 2 is 1.80 bits per heavy atom. The third-order valence-electron chi connectivity index (χ3n) is 12.5. The van der Waals surface area contributed by atoms with Gasteiger partial charge in [-0.15, -0.1) is 0 Å². The van der Waals surface area contributed by atoms with Gasteiger partial charge in [-0.05, 0) is 81.0 Å². The van der Waals surface area contributed by atoms with Crippen LogP contribution in [-0.2, 0) is 17.8 Å². The van der Waals surface area contributed by atoms with E-state index in [1.165, 1.54) is 19.3 Å². The average Bonchev–Trinajstić information content (AvgIpc) is 3.42. The third kappa shape index (κ3) is 6.32. The van der Waals surface area contributed by atoms with Crippen LogP contribution in [0.2, 0.25) is 5.02 Å². The number of carbonyl (C=O) groups excluding carboxylic acids is 1. The van der Waals surface area contributed by atoms with Crippen LogP contribution < -0.4 is 14.5 Å². The van der Waals surface area contributed by atoms with Gasteiger partial charge in [0, 0.05) is 68.5 Å². The lowest BCUT2D eigenvalue weighted by Gasteiger charge is -2.42. The molecule has 1 amide bonds. The van der Waals surface area contributed by atoms with Crippen molar-refractivity contribution in [1.29, 1.82) is 5.26 Å². The molecule has 9 rings (SSSR count). The number of ether oxygens (including phenoxy) is 1. The molecule has 0 bridgehead atoms. The molecule has 266 valence electrons. The topological polar surface area (TPSA) is 92.1 Å². The van der Waals surface area contributed by atoms with Gasteiger partial charge in [-0.25, -0.2) is 0 Å². The predicted molar refractivity (Wildman–Crippen MR) is 199 cm³/mol. The Kier molecular flexibility index (Phi) is 8.77. The number of hydrogen-bond acceptors (Lipinski definition) is 9. The molecule has 3 atom stereocenters. The number of aromatic nitrogens is 2. The number of anilines is 2. The van der Waals surface area contributed by atoms with Gasteiger partial charge < -0.3 is 19.4 Å². The number of rotatable bonds is 9. The maximum Gasteiger partial charge on any atom is 0.318 e. The highest BCUT2D eigenvalue weighted by atomic mass is 35.5. The minimum Gasteiger partial charge on any atom is -0.461 e. The molecule has 4 saturated heterocycles. The van der Waals surface area contributed by atoms with Crippen molar-refractivity contribution < 1.29 is 9.53 Å². The average molecular weight is 707 g/mol. The Bertz CT molecular complexity index is 1870. The molecule has 1 aliphatic carbocycles. The summed E-state index contributed by atoms with van der Waals surface area (Å²) in [4.78, 5) is 35.3. The van der Waals surface area contributed by atoms with E-state index in [9.17, 15) is 10.1 Å². The van der Waals surface area contributed by atoms with Gasteiger partial charge in [0.2, 0.25) is 5.91 Å². The number of hydrogen-bond donors (Lipinski definition) is 0. The normalized spacial score (nSPS) is 25.6. The van der Waals surface area contributed by atoms with E-state index < -0.39 is 0 Å². The van der Waals surface area contributed by atoms with Crippen LogP contribution in [0.4, 0.5) is 11.5 Å². The van der Waals surface area contributed by atoms with E-state index in [0.29, 0.717) is 38.8 Å². The molecule has 51 heavy (non-hydrogen) atoms. The summed E-state index contributed by atoms with van der Waals surface area (Å²) in [6.45, 7) is 9.14. The lowest BCUT2D eigenvalue weighted by molar-refractivity contribution is -0.128. The molecule has 6 heterocycles. The Morgan fingerprint density at radius 3 is 2.61 bits per heavy atom. The van der Waals surface area contributed by atoms with Crippen molar-refractivity contribution in [2.24, 2.45) is 11.8 Å². The summed E-state index contributed by atoms with van der Waals surface area (Å²) in [5, 5.41) is 12.8. The number of halogens is 1. The van der Waals surface area contributed by atoms with Gasteiger partial charge >= 0.3 is 6.01 Å². The van der Waals surface area contributed by atoms with Crippen LogP contribution in [0.1, 0.15) is 49.8 Å². The predicted octanol–water partition coefficient (Wildman–Crippen LogP) is 5.29. The number of piperidine rings is 1. The third-order valence-corrected chi connectivity index (χ3v) is 12.9. The number of benzene rings is 2. The first-order valence-electron chi connectivity index (χ1n) is 19.0. The first-order chi connectivity index (χ1) is 25.0. The molecular formula is C40H47ClN8O2. The SMILES string of the molecule is N#CC[C@H]1CN(c2nc(OCC34CCCN3CCC4)nc3c2CCN(c2cccc4cccc(Cl)c24)C3)CCN1C(=O)/C=C/CN1CC2CC2C1. The van der Waals surface area contributed by atoms with Gasteiger partial charge in [0.15, 0.2) is 0 Å². The Balaban J connectivity index is 0.982. The minimum atomic E-state index is -0.224.